The highest BCUT2D eigenvalue weighted by Gasteiger charge is 2.33. The van der Waals surface area contributed by atoms with E-state index in [0.29, 0.717) is 36.6 Å². The van der Waals surface area contributed by atoms with Gasteiger partial charge in [0.25, 0.3) is 10.0 Å². The molecule has 1 fully saturated rings. The Bertz CT molecular complexity index is 873. The Morgan fingerprint density at radius 1 is 1.32 bits per heavy atom. The predicted molar refractivity (Wildman–Crippen MR) is 94.8 cm³/mol. The fraction of sp³-hybridized carbons (Fsp3) is 0.375. The minimum Gasteiger partial charge on any atom is -0.339 e. The molecule has 134 valence electrons. The van der Waals surface area contributed by atoms with Crippen molar-refractivity contribution in [1.29, 1.82) is 0 Å². The SMILES string of the molecule is Cn1cnc(S(=O)(=O)N2CCC(C(=O)Nc3cccc(Cl)c3)CC2)c1. The number of piperidine rings is 1. The summed E-state index contributed by atoms with van der Waals surface area (Å²) in [6, 6.07) is 6.95. The van der Waals surface area contributed by atoms with Crippen molar-refractivity contribution >= 4 is 33.2 Å². The van der Waals surface area contributed by atoms with Crippen molar-refractivity contribution in [3.63, 3.8) is 0 Å². The summed E-state index contributed by atoms with van der Waals surface area (Å²) in [6.45, 7) is 0.596. The van der Waals surface area contributed by atoms with Crippen molar-refractivity contribution in [2.24, 2.45) is 13.0 Å². The lowest BCUT2D eigenvalue weighted by Gasteiger charge is -2.29. The van der Waals surface area contributed by atoms with Gasteiger partial charge in [0.1, 0.15) is 0 Å². The van der Waals surface area contributed by atoms with Gasteiger partial charge >= 0.3 is 0 Å². The predicted octanol–water partition coefficient (Wildman–Crippen LogP) is 2.11. The number of halogens is 1. The van der Waals surface area contributed by atoms with Gasteiger partial charge in [-0.3, -0.25) is 4.79 Å². The maximum absolute atomic E-state index is 12.5. The lowest BCUT2D eigenvalue weighted by Crippen LogP contribution is -2.41. The number of hydrogen-bond donors (Lipinski definition) is 1. The molecule has 0 atom stereocenters. The smallest absolute Gasteiger partial charge is 0.262 e. The van der Waals surface area contributed by atoms with Crippen LogP contribution in [-0.4, -0.2) is 41.3 Å². The molecule has 1 aromatic heterocycles. The highest BCUT2D eigenvalue weighted by atomic mass is 35.5. The summed E-state index contributed by atoms with van der Waals surface area (Å²) in [6.07, 6.45) is 3.88. The first-order valence-corrected chi connectivity index (χ1v) is 9.72. The minimum absolute atomic E-state index is 0.0387. The molecule has 1 aromatic carbocycles. The Hall–Kier alpha value is -1.90. The molecule has 1 aliphatic rings. The molecule has 2 heterocycles. The topological polar surface area (TPSA) is 84.3 Å². The van der Waals surface area contributed by atoms with Gasteiger partial charge in [-0.2, -0.15) is 4.31 Å². The first-order chi connectivity index (χ1) is 11.9. The van der Waals surface area contributed by atoms with Gasteiger partial charge in [0.05, 0.1) is 6.33 Å². The lowest BCUT2D eigenvalue weighted by molar-refractivity contribution is -0.120. The molecule has 0 spiro atoms. The van der Waals surface area contributed by atoms with E-state index in [1.54, 1.807) is 35.9 Å². The number of carbonyl (C=O) groups is 1. The molecule has 0 aliphatic carbocycles. The Kier molecular flexibility index (Phi) is 5.12. The number of nitrogens with one attached hydrogen (secondary N) is 1. The summed E-state index contributed by atoms with van der Waals surface area (Å²) < 4.78 is 28.1. The molecule has 1 aliphatic heterocycles. The number of aryl methyl sites for hydroxylation is 1. The van der Waals surface area contributed by atoms with Crippen LogP contribution >= 0.6 is 11.6 Å². The van der Waals surface area contributed by atoms with E-state index in [4.69, 9.17) is 11.6 Å². The molecule has 0 bridgehead atoms. The number of hydrogen-bond acceptors (Lipinski definition) is 4. The van der Waals surface area contributed by atoms with Gasteiger partial charge in [-0.25, -0.2) is 13.4 Å². The van der Waals surface area contributed by atoms with Crippen LogP contribution in [0.3, 0.4) is 0 Å². The number of imidazole rings is 1. The molecule has 7 nitrogen and oxygen atoms in total. The monoisotopic (exact) mass is 382 g/mol. The number of benzene rings is 1. The zero-order chi connectivity index (χ0) is 18.0. The van der Waals surface area contributed by atoms with Crippen LogP contribution in [-0.2, 0) is 21.9 Å². The van der Waals surface area contributed by atoms with E-state index >= 15 is 0 Å². The van der Waals surface area contributed by atoms with E-state index < -0.39 is 10.0 Å². The quantitative estimate of drug-likeness (QED) is 0.877. The zero-order valence-corrected chi connectivity index (χ0v) is 15.3. The van der Waals surface area contributed by atoms with E-state index in [1.807, 2.05) is 0 Å². The van der Waals surface area contributed by atoms with Crippen LogP contribution in [0, 0.1) is 5.92 Å². The van der Waals surface area contributed by atoms with Gasteiger partial charge in [0.15, 0.2) is 5.03 Å². The van der Waals surface area contributed by atoms with E-state index in [9.17, 15) is 13.2 Å². The summed E-state index contributed by atoms with van der Waals surface area (Å²) in [5.74, 6) is -0.341. The fourth-order valence-corrected chi connectivity index (χ4v) is 4.45. The van der Waals surface area contributed by atoms with Crippen molar-refractivity contribution in [3.05, 3.63) is 41.8 Å². The molecule has 3 rings (SSSR count). The number of carbonyl (C=O) groups excluding carboxylic acids is 1. The average molecular weight is 383 g/mol. The van der Waals surface area contributed by atoms with Gasteiger partial charge in [-0.05, 0) is 31.0 Å². The molecule has 0 radical (unpaired) electrons. The van der Waals surface area contributed by atoms with E-state index in [2.05, 4.69) is 10.3 Å². The van der Waals surface area contributed by atoms with Crippen molar-refractivity contribution in [3.8, 4) is 0 Å². The number of rotatable bonds is 4. The summed E-state index contributed by atoms with van der Waals surface area (Å²) >= 11 is 5.91. The molecule has 1 amide bonds. The third kappa shape index (κ3) is 4.02. The van der Waals surface area contributed by atoms with Gasteiger partial charge in [-0.1, -0.05) is 17.7 Å². The second kappa shape index (κ2) is 7.15. The van der Waals surface area contributed by atoms with Crippen LogP contribution in [0.5, 0.6) is 0 Å². The Labute approximate surface area is 151 Å². The number of nitrogens with zero attached hydrogens (tertiary/aromatic N) is 3. The van der Waals surface area contributed by atoms with Gasteiger partial charge in [0.2, 0.25) is 5.91 Å². The Balaban J connectivity index is 1.61. The standard InChI is InChI=1S/C16H19ClN4O3S/c1-20-10-15(18-11-20)25(23,24)21-7-5-12(6-8-21)16(22)19-14-4-2-3-13(17)9-14/h2-4,9-12H,5-8H2,1H3,(H,19,22). The van der Waals surface area contributed by atoms with Crippen LogP contribution in [0.2, 0.25) is 5.02 Å². The van der Waals surface area contributed by atoms with Crippen molar-refractivity contribution < 1.29 is 13.2 Å². The Morgan fingerprint density at radius 3 is 2.64 bits per heavy atom. The van der Waals surface area contributed by atoms with Crippen LogP contribution in [0.1, 0.15) is 12.8 Å². The summed E-state index contributed by atoms with van der Waals surface area (Å²) in [5.41, 5.74) is 0.640. The number of anilines is 1. The molecule has 0 unspecified atom stereocenters. The highest BCUT2D eigenvalue weighted by Crippen LogP contribution is 2.24. The van der Waals surface area contributed by atoms with Gasteiger partial charge in [-0.15, -0.1) is 0 Å². The normalized spacial score (nSPS) is 16.7. The summed E-state index contributed by atoms with van der Waals surface area (Å²) in [7, 11) is -1.88. The van der Waals surface area contributed by atoms with Gasteiger partial charge < -0.3 is 9.88 Å². The molecule has 1 saturated heterocycles. The highest BCUT2D eigenvalue weighted by molar-refractivity contribution is 7.89. The van der Waals surface area contributed by atoms with E-state index in [-0.39, 0.29) is 16.9 Å². The fourth-order valence-electron chi connectivity index (χ4n) is 2.82. The van der Waals surface area contributed by atoms with Crippen LogP contribution in [0.15, 0.2) is 41.8 Å². The maximum Gasteiger partial charge on any atom is 0.262 e. The lowest BCUT2D eigenvalue weighted by atomic mass is 9.97. The third-order valence-electron chi connectivity index (χ3n) is 4.20. The second-order valence-electron chi connectivity index (χ2n) is 6.06. The van der Waals surface area contributed by atoms with Crippen LogP contribution in [0.4, 0.5) is 5.69 Å². The second-order valence-corrected chi connectivity index (χ2v) is 8.38. The van der Waals surface area contributed by atoms with Crippen molar-refractivity contribution in [2.75, 3.05) is 18.4 Å². The number of sulfonamides is 1. The van der Waals surface area contributed by atoms with Crippen LogP contribution < -0.4 is 5.32 Å². The van der Waals surface area contributed by atoms with E-state index in [0.717, 1.165) is 0 Å². The van der Waals surface area contributed by atoms with E-state index in [1.165, 1.54) is 16.8 Å². The molecule has 0 saturated carbocycles. The molecule has 25 heavy (non-hydrogen) atoms. The largest absolute Gasteiger partial charge is 0.339 e. The van der Waals surface area contributed by atoms with Crippen LogP contribution in [0.25, 0.3) is 0 Å². The molecule has 2 aromatic rings. The van der Waals surface area contributed by atoms with Crippen molar-refractivity contribution in [2.45, 2.75) is 17.9 Å². The Morgan fingerprint density at radius 2 is 2.04 bits per heavy atom. The minimum atomic E-state index is -3.60. The maximum atomic E-state index is 12.5. The molecular weight excluding hydrogens is 364 g/mol. The first kappa shape index (κ1) is 17.9. The van der Waals surface area contributed by atoms with Gasteiger partial charge in [0, 0.05) is 43.0 Å². The molecular formula is C16H19ClN4O3S. The number of aromatic nitrogens is 2. The zero-order valence-electron chi connectivity index (χ0n) is 13.7. The third-order valence-corrected chi connectivity index (χ3v) is 6.22. The van der Waals surface area contributed by atoms with Crippen molar-refractivity contribution in [1.82, 2.24) is 13.9 Å². The summed E-state index contributed by atoms with van der Waals surface area (Å²) in [5, 5.41) is 3.42. The first-order valence-electron chi connectivity index (χ1n) is 7.91. The molecule has 1 N–H and O–H groups in total. The average Bonchev–Trinajstić information content (AvgIpc) is 3.02. The number of amides is 1. The summed E-state index contributed by atoms with van der Waals surface area (Å²) in [4.78, 5) is 16.3. The molecule has 9 heteroatoms.